The Bertz CT molecular complexity index is 1010. The molecule has 1 aliphatic rings. The Kier molecular flexibility index (Phi) is 6.45. The Morgan fingerprint density at radius 2 is 1.71 bits per heavy atom. The summed E-state index contributed by atoms with van der Waals surface area (Å²) in [5.41, 5.74) is 2.07. The average Bonchev–Trinajstić information content (AvgIpc) is 2.68. The van der Waals surface area contributed by atoms with E-state index in [2.05, 4.69) is 0 Å². The maximum atomic E-state index is 12.8. The first-order valence-electron chi connectivity index (χ1n) is 8.77. The number of nitrogens with zero attached hydrogens (tertiary/aromatic N) is 2. The predicted molar refractivity (Wildman–Crippen MR) is 112 cm³/mol. The van der Waals surface area contributed by atoms with Gasteiger partial charge in [-0.05, 0) is 30.7 Å². The second kappa shape index (κ2) is 8.66. The molecule has 3 rings (SSSR count). The smallest absolute Gasteiger partial charge is 0.246 e. The van der Waals surface area contributed by atoms with Crippen molar-refractivity contribution in [3.8, 4) is 0 Å². The summed E-state index contributed by atoms with van der Waals surface area (Å²) in [7, 11) is -3.76. The zero-order valence-electron chi connectivity index (χ0n) is 15.3. The number of piperazine rings is 1. The minimum atomic E-state index is -3.76. The van der Waals surface area contributed by atoms with E-state index in [9.17, 15) is 13.2 Å². The van der Waals surface area contributed by atoms with E-state index >= 15 is 0 Å². The molecule has 0 aromatic heterocycles. The number of benzene rings is 2. The second-order valence-corrected chi connectivity index (χ2v) is 9.22. The Balaban J connectivity index is 1.65. The molecule has 1 aliphatic heterocycles. The zero-order valence-corrected chi connectivity index (χ0v) is 17.6. The van der Waals surface area contributed by atoms with Crippen molar-refractivity contribution >= 4 is 45.2 Å². The molecule has 2 aromatic rings. The van der Waals surface area contributed by atoms with Gasteiger partial charge in [-0.3, -0.25) is 4.79 Å². The molecular formula is C20H20Cl2N2O3S. The third-order valence-corrected chi connectivity index (χ3v) is 7.42. The summed E-state index contributed by atoms with van der Waals surface area (Å²) >= 11 is 12.0. The molecule has 0 N–H and O–H groups in total. The summed E-state index contributed by atoms with van der Waals surface area (Å²) in [5.74, 6) is -0.139. The van der Waals surface area contributed by atoms with E-state index in [4.69, 9.17) is 23.2 Å². The quantitative estimate of drug-likeness (QED) is 0.681. The van der Waals surface area contributed by atoms with E-state index in [0.717, 1.165) is 11.1 Å². The number of halogens is 2. The molecule has 0 unspecified atom stereocenters. The van der Waals surface area contributed by atoms with Gasteiger partial charge in [0.05, 0.1) is 10.0 Å². The van der Waals surface area contributed by atoms with Crippen molar-refractivity contribution in [2.45, 2.75) is 11.8 Å². The van der Waals surface area contributed by atoms with E-state index in [1.54, 1.807) is 23.1 Å². The normalized spacial score (nSPS) is 15.9. The maximum absolute atomic E-state index is 12.8. The van der Waals surface area contributed by atoms with Gasteiger partial charge in [-0.2, -0.15) is 4.31 Å². The summed E-state index contributed by atoms with van der Waals surface area (Å²) < 4.78 is 27.0. The minimum absolute atomic E-state index is 0.0132. The third kappa shape index (κ3) is 4.58. The SMILES string of the molecule is Cc1cccc(/C=C/C(=O)N2CCN(S(=O)(=O)c3cccc(Cl)c3Cl)CC2)c1. The summed E-state index contributed by atoms with van der Waals surface area (Å²) in [5, 5.41) is 0.210. The highest BCUT2D eigenvalue weighted by molar-refractivity contribution is 7.89. The van der Waals surface area contributed by atoms with E-state index < -0.39 is 10.0 Å². The lowest BCUT2D eigenvalue weighted by atomic mass is 10.1. The highest BCUT2D eigenvalue weighted by atomic mass is 35.5. The number of carbonyl (C=O) groups is 1. The van der Waals surface area contributed by atoms with Crippen molar-refractivity contribution in [3.63, 3.8) is 0 Å². The number of rotatable bonds is 4. The Hall–Kier alpha value is -1.86. The fourth-order valence-corrected chi connectivity index (χ4v) is 5.18. The molecular weight excluding hydrogens is 419 g/mol. The topological polar surface area (TPSA) is 57.7 Å². The molecule has 0 spiro atoms. The van der Waals surface area contributed by atoms with Crippen molar-refractivity contribution in [2.24, 2.45) is 0 Å². The average molecular weight is 439 g/mol. The Morgan fingerprint density at radius 3 is 2.39 bits per heavy atom. The van der Waals surface area contributed by atoms with Crippen LogP contribution in [0.3, 0.4) is 0 Å². The Morgan fingerprint density at radius 1 is 1.04 bits per heavy atom. The van der Waals surface area contributed by atoms with Crippen LogP contribution < -0.4 is 0 Å². The van der Waals surface area contributed by atoms with Crippen LogP contribution in [0.2, 0.25) is 10.0 Å². The fourth-order valence-electron chi connectivity index (χ4n) is 3.02. The van der Waals surface area contributed by atoms with Crippen LogP contribution in [0.5, 0.6) is 0 Å². The molecule has 0 saturated carbocycles. The number of sulfonamides is 1. The molecule has 0 radical (unpaired) electrons. The van der Waals surface area contributed by atoms with Crippen molar-refractivity contribution in [2.75, 3.05) is 26.2 Å². The molecule has 0 atom stereocenters. The molecule has 1 saturated heterocycles. The molecule has 0 bridgehead atoms. The molecule has 2 aromatic carbocycles. The van der Waals surface area contributed by atoms with Gasteiger partial charge in [0, 0.05) is 32.3 Å². The van der Waals surface area contributed by atoms with E-state index in [1.807, 2.05) is 31.2 Å². The predicted octanol–water partition coefficient (Wildman–Crippen LogP) is 3.85. The van der Waals surface area contributed by atoms with Crippen molar-refractivity contribution in [3.05, 3.63) is 69.7 Å². The van der Waals surface area contributed by atoms with Crippen LogP contribution in [0, 0.1) is 6.92 Å². The van der Waals surface area contributed by atoms with Gasteiger partial charge in [0.2, 0.25) is 15.9 Å². The van der Waals surface area contributed by atoms with Gasteiger partial charge in [-0.25, -0.2) is 8.42 Å². The molecule has 1 amide bonds. The highest BCUT2D eigenvalue weighted by Gasteiger charge is 2.31. The molecule has 28 heavy (non-hydrogen) atoms. The maximum Gasteiger partial charge on any atom is 0.246 e. The van der Waals surface area contributed by atoms with Gasteiger partial charge < -0.3 is 4.90 Å². The zero-order chi connectivity index (χ0) is 20.3. The third-order valence-electron chi connectivity index (χ3n) is 4.54. The largest absolute Gasteiger partial charge is 0.337 e. The van der Waals surface area contributed by atoms with Gasteiger partial charge in [0.15, 0.2) is 0 Å². The van der Waals surface area contributed by atoms with E-state index in [-0.39, 0.29) is 33.9 Å². The van der Waals surface area contributed by atoms with Crippen LogP contribution in [0.1, 0.15) is 11.1 Å². The van der Waals surface area contributed by atoms with Crippen LogP contribution in [0.15, 0.2) is 53.4 Å². The Labute approximate surface area is 175 Å². The number of amides is 1. The van der Waals surface area contributed by atoms with Crippen LogP contribution in [-0.2, 0) is 14.8 Å². The van der Waals surface area contributed by atoms with Crippen molar-refractivity contribution < 1.29 is 13.2 Å². The fraction of sp³-hybridized carbons (Fsp3) is 0.250. The lowest BCUT2D eigenvalue weighted by molar-refractivity contribution is -0.127. The van der Waals surface area contributed by atoms with Gasteiger partial charge in [0.1, 0.15) is 4.90 Å². The first kappa shape index (κ1) is 20.9. The van der Waals surface area contributed by atoms with E-state index in [0.29, 0.717) is 13.1 Å². The van der Waals surface area contributed by atoms with Gasteiger partial charge in [-0.1, -0.05) is 59.1 Å². The van der Waals surface area contributed by atoms with Gasteiger partial charge in [-0.15, -0.1) is 0 Å². The summed E-state index contributed by atoms with van der Waals surface area (Å²) in [6.45, 7) is 3.03. The van der Waals surface area contributed by atoms with Crippen LogP contribution in [-0.4, -0.2) is 49.7 Å². The van der Waals surface area contributed by atoms with Crippen LogP contribution >= 0.6 is 23.2 Å². The van der Waals surface area contributed by atoms with Crippen LogP contribution in [0.4, 0.5) is 0 Å². The highest BCUT2D eigenvalue weighted by Crippen LogP contribution is 2.31. The minimum Gasteiger partial charge on any atom is -0.337 e. The summed E-state index contributed by atoms with van der Waals surface area (Å²) in [6, 6.07) is 12.4. The first-order valence-corrected chi connectivity index (χ1v) is 11.0. The molecule has 0 aliphatic carbocycles. The van der Waals surface area contributed by atoms with Crippen LogP contribution in [0.25, 0.3) is 6.08 Å². The first-order chi connectivity index (χ1) is 13.3. The lowest BCUT2D eigenvalue weighted by Gasteiger charge is -2.33. The number of hydrogen-bond donors (Lipinski definition) is 0. The molecule has 5 nitrogen and oxygen atoms in total. The molecule has 148 valence electrons. The lowest BCUT2D eigenvalue weighted by Crippen LogP contribution is -2.50. The van der Waals surface area contributed by atoms with Gasteiger partial charge >= 0.3 is 0 Å². The van der Waals surface area contributed by atoms with Crippen molar-refractivity contribution in [1.29, 1.82) is 0 Å². The summed E-state index contributed by atoms with van der Waals surface area (Å²) in [4.78, 5) is 14.0. The second-order valence-electron chi connectivity index (χ2n) is 6.53. The summed E-state index contributed by atoms with van der Waals surface area (Å²) in [6.07, 6.45) is 3.29. The molecule has 1 heterocycles. The number of aryl methyl sites for hydroxylation is 1. The van der Waals surface area contributed by atoms with E-state index in [1.165, 1.54) is 16.4 Å². The standard InChI is InChI=1S/C20H20Cl2N2O3S/c1-15-4-2-5-16(14-15)8-9-19(25)23-10-12-24(13-11-23)28(26,27)18-7-3-6-17(21)20(18)22/h2-9,14H,10-13H2,1H3/b9-8+. The molecule has 8 heteroatoms. The monoisotopic (exact) mass is 438 g/mol. The van der Waals surface area contributed by atoms with Gasteiger partial charge in [0.25, 0.3) is 0 Å². The van der Waals surface area contributed by atoms with Crippen molar-refractivity contribution in [1.82, 2.24) is 9.21 Å². The molecule has 1 fully saturated rings. The number of carbonyl (C=O) groups excluding carboxylic acids is 1. The number of hydrogen-bond acceptors (Lipinski definition) is 3.